The zero-order chi connectivity index (χ0) is 20.5. The van der Waals surface area contributed by atoms with Crippen LogP contribution in [0.4, 0.5) is 11.4 Å². The lowest BCUT2D eigenvalue weighted by Crippen LogP contribution is -2.32. The third-order valence-electron chi connectivity index (χ3n) is 5.80. The summed E-state index contributed by atoms with van der Waals surface area (Å²) in [5.41, 5.74) is 3.15. The first-order chi connectivity index (χ1) is 14.7. The van der Waals surface area contributed by atoms with Crippen LogP contribution in [0.15, 0.2) is 70.0 Å². The van der Waals surface area contributed by atoms with Crippen molar-refractivity contribution in [2.24, 2.45) is 0 Å². The van der Waals surface area contributed by atoms with E-state index in [9.17, 15) is 4.79 Å². The molecule has 2 aromatic heterocycles. The topological polar surface area (TPSA) is 67.2 Å². The van der Waals surface area contributed by atoms with Gasteiger partial charge in [0.2, 0.25) is 0 Å². The van der Waals surface area contributed by atoms with Crippen LogP contribution in [0.25, 0.3) is 21.9 Å². The van der Waals surface area contributed by atoms with Crippen LogP contribution < -0.4 is 16.3 Å². The van der Waals surface area contributed by atoms with Gasteiger partial charge in [0.15, 0.2) is 0 Å². The standard InChI is InChI=1S/C24H22ClN3O2/c25-15-5-10-18-20(11-12-26-21(18)13-15)27-16-6-8-17(9-7-16)28-22-14-24(29)30-23-4-2-1-3-19(22)23/h1-5,10-14,16-17,28H,6-9H2,(H,26,27)/t16-,17+. The lowest BCUT2D eigenvalue weighted by Gasteiger charge is -2.31. The summed E-state index contributed by atoms with van der Waals surface area (Å²) in [6.45, 7) is 0. The highest BCUT2D eigenvalue weighted by Gasteiger charge is 2.22. The minimum atomic E-state index is -0.323. The number of fused-ring (bicyclic) bond motifs is 2. The predicted octanol–water partition coefficient (Wildman–Crippen LogP) is 5.83. The Balaban J connectivity index is 1.27. The molecule has 1 saturated carbocycles. The summed E-state index contributed by atoms with van der Waals surface area (Å²) < 4.78 is 5.30. The molecule has 0 amide bonds. The molecule has 2 aromatic carbocycles. The molecule has 0 bridgehead atoms. The number of benzene rings is 2. The van der Waals surface area contributed by atoms with Crippen LogP contribution in [0.5, 0.6) is 0 Å². The molecule has 2 heterocycles. The van der Waals surface area contributed by atoms with Gasteiger partial charge in [-0.05, 0) is 62.1 Å². The number of hydrogen-bond donors (Lipinski definition) is 2. The van der Waals surface area contributed by atoms with E-state index >= 15 is 0 Å². The molecule has 4 aromatic rings. The normalized spacial score (nSPS) is 19.1. The number of rotatable bonds is 4. The molecule has 1 fully saturated rings. The van der Waals surface area contributed by atoms with Gasteiger partial charge in [-0.2, -0.15) is 0 Å². The van der Waals surface area contributed by atoms with Gasteiger partial charge in [-0.1, -0.05) is 23.7 Å². The number of hydrogen-bond acceptors (Lipinski definition) is 5. The monoisotopic (exact) mass is 419 g/mol. The van der Waals surface area contributed by atoms with Gasteiger partial charge in [0.1, 0.15) is 5.58 Å². The maximum Gasteiger partial charge on any atom is 0.338 e. The van der Waals surface area contributed by atoms with Gasteiger partial charge in [0.25, 0.3) is 0 Å². The lowest BCUT2D eigenvalue weighted by molar-refractivity contribution is 0.429. The molecule has 2 N–H and O–H groups in total. The molecule has 0 aliphatic heterocycles. The fourth-order valence-electron chi connectivity index (χ4n) is 4.30. The van der Waals surface area contributed by atoms with Crippen LogP contribution in [0, 0.1) is 0 Å². The first kappa shape index (κ1) is 18.9. The van der Waals surface area contributed by atoms with Crippen molar-refractivity contribution >= 4 is 44.8 Å². The average molecular weight is 420 g/mol. The number of anilines is 2. The van der Waals surface area contributed by atoms with Crippen molar-refractivity contribution in [3.05, 3.63) is 76.2 Å². The molecule has 0 saturated heterocycles. The first-order valence-corrected chi connectivity index (χ1v) is 10.6. The zero-order valence-electron chi connectivity index (χ0n) is 16.4. The van der Waals surface area contributed by atoms with E-state index in [1.165, 1.54) is 0 Å². The van der Waals surface area contributed by atoms with E-state index in [-0.39, 0.29) is 5.63 Å². The Hall–Kier alpha value is -3.05. The molecule has 30 heavy (non-hydrogen) atoms. The van der Waals surface area contributed by atoms with Crippen molar-refractivity contribution in [2.75, 3.05) is 10.6 Å². The highest BCUT2D eigenvalue weighted by Crippen LogP contribution is 2.30. The van der Waals surface area contributed by atoms with Crippen molar-refractivity contribution in [2.45, 2.75) is 37.8 Å². The number of para-hydroxylation sites is 1. The molecule has 1 aliphatic rings. The van der Waals surface area contributed by atoms with E-state index in [0.717, 1.165) is 53.3 Å². The molecular weight excluding hydrogens is 398 g/mol. The number of halogens is 1. The van der Waals surface area contributed by atoms with E-state index in [2.05, 4.69) is 15.6 Å². The summed E-state index contributed by atoms with van der Waals surface area (Å²) in [6.07, 6.45) is 5.98. The summed E-state index contributed by atoms with van der Waals surface area (Å²) in [5.74, 6) is 0. The van der Waals surface area contributed by atoms with Gasteiger partial charge in [-0.25, -0.2) is 4.79 Å². The lowest BCUT2D eigenvalue weighted by atomic mass is 9.90. The van der Waals surface area contributed by atoms with Crippen molar-refractivity contribution in [3.8, 4) is 0 Å². The van der Waals surface area contributed by atoms with E-state index in [4.69, 9.17) is 16.0 Å². The van der Waals surface area contributed by atoms with Crippen LogP contribution in [-0.2, 0) is 0 Å². The zero-order valence-corrected chi connectivity index (χ0v) is 17.2. The van der Waals surface area contributed by atoms with Crippen molar-refractivity contribution in [1.82, 2.24) is 4.98 Å². The van der Waals surface area contributed by atoms with Gasteiger partial charge in [-0.3, -0.25) is 4.98 Å². The molecule has 152 valence electrons. The van der Waals surface area contributed by atoms with Crippen LogP contribution in [0.3, 0.4) is 0 Å². The molecule has 1 aliphatic carbocycles. The van der Waals surface area contributed by atoms with Gasteiger partial charge >= 0.3 is 5.63 Å². The Kier molecular flexibility index (Phi) is 5.05. The third kappa shape index (κ3) is 3.85. The highest BCUT2D eigenvalue weighted by molar-refractivity contribution is 6.31. The fraction of sp³-hybridized carbons (Fsp3) is 0.250. The summed E-state index contributed by atoms with van der Waals surface area (Å²) in [7, 11) is 0. The van der Waals surface area contributed by atoms with Crippen LogP contribution in [0.1, 0.15) is 25.7 Å². The van der Waals surface area contributed by atoms with Gasteiger partial charge in [0, 0.05) is 45.8 Å². The van der Waals surface area contributed by atoms with Crippen LogP contribution in [-0.4, -0.2) is 17.1 Å². The fourth-order valence-corrected chi connectivity index (χ4v) is 4.47. The van der Waals surface area contributed by atoms with Gasteiger partial charge < -0.3 is 15.1 Å². The number of pyridine rings is 1. The second-order valence-corrected chi connectivity index (χ2v) is 8.27. The minimum Gasteiger partial charge on any atom is -0.423 e. The maximum atomic E-state index is 11.9. The third-order valence-corrected chi connectivity index (χ3v) is 6.04. The highest BCUT2D eigenvalue weighted by atomic mass is 35.5. The average Bonchev–Trinajstić information content (AvgIpc) is 2.75. The quantitative estimate of drug-likeness (QED) is 0.407. The van der Waals surface area contributed by atoms with Crippen LogP contribution in [0.2, 0.25) is 5.02 Å². The van der Waals surface area contributed by atoms with E-state index in [1.807, 2.05) is 54.7 Å². The first-order valence-electron chi connectivity index (χ1n) is 10.3. The smallest absolute Gasteiger partial charge is 0.338 e. The van der Waals surface area contributed by atoms with Crippen LogP contribution >= 0.6 is 11.6 Å². The Bertz CT molecular complexity index is 1260. The summed E-state index contributed by atoms with van der Waals surface area (Å²) >= 11 is 6.10. The van der Waals surface area contributed by atoms with Gasteiger partial charge in [0.05, 0.1) is 11.2 Å². The minimum absolute atomic E-state index is 0.323. The number of nitrogens with zero attached hydrogens (tertiary/aromatic N) is 1. The molecule has 5 rings (SSSR count). The Morgan fingerprint density at radius 1 is 0.867 bits per heavy atom. The van der Waals surface area contributed by atoms with Crippen molar-refractivity contribution in [3.63, 3.8) is 0 Å². The Morgan fingerprint density at radius 2 is 1.60 bits per heavy atom. The second-order valence-electron chi connectivity index (χ2n) is 7.83. The molecule has 0 unspecified atom stereocenters. The molecule has 5 nitrogen and oxygen atoms in total. The Labute approximate surface area is 179 Å². The number of aromatic nitrogens is 1. The van der Waals surface area contributed by atoms with Gasteiger partial charge in [-0.15, -0.1) is 0 Å². The van der Waals surface area contributed by atoms with E-state index in [1.54, 1.807) is 6.07 Å². The molecule has 0 atom stereocenters. The van der Waals surface area contributed by atoms with Crippen molar-refractivity contribution < 1.29 is 4.42 Å². The largest absolute Gasteiger partial charge is 0.423 e. The summed E-state index contributed by atoms with van der Waals surface area (Å²) in [6, 6.07) is 17.8. The maximum absolute atomic E-state index is 11.9. The number of nitrogens with one attached hydrogen (secondary N) is 2. The van der Waals surface area contributed by atoms with E-state index < -0.39 is 0 Å². The molecule has 0 radical (unpaired) electrons. The summed E-state index contributed by atoms with van der Waals surface area (Å²) in [5, 5.41) is 9.99. The van der Waals surface area contributed by atoms with Crippen molar-refractivity contribution in [1.29, 1.82) is 0 Å². The predicted molar refractivity (Wildman–Crippen MR) is 123 cm³/mol. The molecular formula is C24H22ClN3O2. The Morgan fingerprint density at radius 3 is 2.40 bits per heavy atom. The molecule has 6 heteroatoms. The molecule has 0 spiro atoms. The van der Waals surface area contributed by atoms with E-state index in [0.29, 0.717) is 22.7 Å². The summed E-state index contributed by atoms with van der Waals surface area (Å²) in [4.78, 5) is 16.3. The SMILES string of the molecule is O=c1cc(N[C@H]2CC[C@@H](Nc3ccnc4cc(Cl)ccc34)CC2)c2ccccc2o1. The second kappa shape index (κ2) is 8.00.